The predicted octanol–water partition coefficient (Wildman–Crippen LogP) is 7.36. The molecule has 0 atom stereocenters. The van der Waals surface area contributed by atoms with Gasteiger partial charge in [-0.1, -0.05) is 71.7 Å². The molecule has 0 saturated carbocycles. The zero-order chi connectivity index (χ0) is 20.8. The third-order valence-corrected chi connectivity index (χ3v) is 6.61. The number of rotatable bonds is 4. The summed E-state index contributed by atoms with van der Waals surface area (Å²) < 4.78 is 8.82. The number of hydrogen-bond donors (Lipinski definition) is 0. The van der Waals surface area contributed by atoms with Gasteiger partial charge in [0.1, 0.15) is 0 Å². The monoisotopic (exact) mass is 459 g/mol. The summed E-state index contributed by atoms with van der Waals surface area (Å²) >= 11 is 3.67. The minimum atomic E-state index is -0.256. The summed E-state index contributed by atoms with van der Waals surface area (Å²) in [6, 6.07) is 20.9. The molecular weight excluding hydrogens is 438 g/mol. The molecular formula is C26H22BrNO2. The Bertz CT molecular complexity index is 1450. The molecule has 0 N–H and O–H groups in total. The van der Waals surface area contributed by atoms with Gasteiger partial charge >= 0.3 is 5.97 Å². The molecule has 0 spiro atoms. The van der Waals surface area contributed by atoms with Crippen LogP contribution < -0.4 is 0 Å². The number of ether oxygens (including phenoxy) is 1. The smallest absolute Gasteiger partial charge is 0.340 e. The fourth-order valence-electron chi connectivity index (χ4n) is 4.45. The highest BCUT2D eigenvalue weighted by atomic mass is 79.9. The van der Waals surface area contributed by atoms with E-state index >= 15 is 0 Å². The first-order chi connectivity index (χ1) is 14.6. The average Bonchev–Trinajstić information content (AvgIpc) is 3.06. The standard InChI is InChI=1S/C26H22BrNO2/c1-3-4-14-30-26(29)21-15-20-16-9-7-10-22(27)17(16)12-13-18(20)24-19-8-5-6-11-23(19)28(2)25(21)24/h5-13,15H,3-4,14H2,1-2H3. The first-order valence-corrected chi connectivity index (χ1v) is 11.1. The zero-order valence-corrected chi connectivity index (χ0v) is 18.6. The highest BCUT2D eigenvalue weighted by Crippen LogP contribution is 2.40. The van der Waals surface area contributed by atoms with E-state index in [-0.39, 0.29) is 5.97 Å². The van der Waals surface area contributed by atoms with Crippen LogP contribution in [0, 0.1) is 0 Å². The van der Waals surface area contributed by atoms with E-state index in [1.807, 2.05) is 31.3 Å². The lowest BCUT2D eigenvalue weighted by Gasteiger charge is -2.12. The van der Waals surface area contributed by atoms with E-state index in [1.54, 1.807) is 0 Å². The molecule has 0 aliphatic carbocycles. The lowest BCUT2D eigenvalue weighted by atomic mass is 9.95. The minimum absolute atomic E-state index is 0.256. The first-order valence-electron chi connectivity index (χ1n) is 10.3. The molecule has 0 amide bonds. The Labute approximate surface area is 183 Å². The number of aromatic nitrogens is 1. The number of para-hydroxylation sites is 1. The van der Waals surface area contributed by atoms with Gasteiger partial charge in [0.25, 0.3) is 0 Å². The van der Waals surface area contributed by atoms with Crippen molar-refractivity contribution in [1.82, 2.24) is 4.57 Å². The first kappa shape index (κ1) is 19.1. The van der Waals surface area contributed by atoms with Gasteiger partial charge in [0.15, 0.2) is 0 Å². The number of nitrogens with zero attached hydrogens (tertiary/aromatic N) is 1. The van der Waals surface area contributed by atoms with Crippen molar-refractivity contribution in [2.24, 2.45) is 7.05 Å². The number of carbonyl (C=O) groups excluding carboxylic acids is 1. The highest BCUT2D eigenvalue weighted by Gasteiger charge is 2.21. The number of esters is 1. The van der Waals surface area contributed by atoms with E-state index in [1.165, 1.54) is 0 Å². The van der Waals surface area contributed by atoms with Gasteiger partial charge in [-0.25, -0.2) is 4.79 Å². The molecule has 3 nitrogen and oxygen atoms in total. The molecule has 1 heterocycles. The fourth-order valence-corrected chi connectivity index (χ4v) is 4.95. The van der Waals surface area contributed by atoms with Gasteiger partial charge in [0.05, 0.1) is 17.7 Å². The summed E-state index contributed by atoms with van der Waals surface area (Å²) in [4.78, 5) is 13.2. The lowest BCUT2D eigenvalue weighted by molar-refractivity contribution is 0.0502. The SMILES string of the molecule is CCCCOC(=O)c1cc2c3cccc(Br)c3ccc2c2c3ccccc3n(C)c12. The van der Waals surface area contributed by atoms with Gasteiger partial charge in [-0.15, -0.1) is 0 Å². The molecule has 30 heavy (non-hydrogen) atoms. The van der Waals surface area contributed by atoms with Crippen LogP contribution in [0.5, 0.6) is 0 Å². The molecule has 5 rings (SSSR count). The molecule has 150 valence electrons. The molecule has 0 aliphatic heterocycles. The maximum Gasteiger partial charge on any atom is 0.340 e. The minimum Gasteiger partial charge on any atom is -0.462 e. The Morgan fingerprint density at radius 3 is 2.53 bits per heavy atom. The summed E-state index contributed by atoms with van der Waals surface area (Å²) in [6.07, 6.45) is 1.86. The largest absolute Gasteiger partial charge is 0.462 e. The second-order valence-corrected chi connectivity index (χ2v) is 8.56. The molecule has 0 fully saturated rings. The lowest BCUT2D eigenvalue weighted by Crippen LogP contribution is -2.08. The quantitative estimate of drug-likeness (QED) is 0.159. The van der Waals surface area contributed by atoms with Crippen molar-refractivity contribution in [3.05, 3.63) is 70.7 Å². The zero-order valence-electron chi connectivity index (χ0n) is 17.0. The number of halogens is 1. The van der Waals surface area contributed by atoms with E-state index < -0.39 is 0 Å². The van der Waals surface area contributed by atoms with E-state index in [0.717, 1.165) is 60.7 Å². The number of benzene rings is 4. The number of aryl methyl sites for hydroxylation is 1. The van der Waals surface area contributed by atoms with Crippen LogP contribution in [0.3, 0.4) is 0 Å². The Kier molecular flexibility index (Phi) is 4.75. The molecule has 0 bridgehead atoms. The van der Waals surface area contributed by atoms with Crippen molar-refractivity contribution in [3.63, 3.8) is 0 Å². The van der Waals surface area contributed by atoms with Gasteiger partial charge in [0, 0.05) is 27.8 Å². The third-order valence-electron chi connectivity index (χ3n) is 5.92. The van der Waals surface area contributed by atoms with Gasteiger partial charge in [0.2, 0.25) is 0 Å². The van der Waals surface area contributed by atoms with Gasteiger partial charge in [-0.05, 0) is 46.2 Å². The number of unbranched alkanes of at least 4 members (excludes halogenated alkanes) is 1. The summed E-state index contributed by atoms with van der Waals surface area (Å²) in [5.74, 6) is -0.256. The third kappa shape index (κ3) is 2.82. The van der Waals surface area contributed by atoms with Crippen molar-refractivity contribution in [1.29, 1.82) is 0 Å². The van der Waals surface area contributed by atoms with Gasteiger partial charge in [-0.2, -0.15) is 0 Å². The van der Waals surface area contributed by atoms with Crippen LogP contribution in [0.1, 0.15) is 30.1 Å². The second kappa shape index (κ2) is 7.44. The molecule has 0 aliphatic rings. The van der Waals surface area contributed by atoms with Gasteiger partial charge in [-0.3, -0.25) is 0 Å². The van der Waals surface area contributed by atoms with E-state index in [4.69, 9.17) is 4.74 Å². The second-order valence-electron chi connectivity index (χ2n) is 7.71. The van der Waals surface area contributed by atoms with Crippen molar-refractivity contribution < 1.29 is 9.53 Å². The van der Waals surface area contributed by atoms with E-state index in [2.05, 4.69) is 63.8 Å². The van der Waals surface area contributed by atoms with Crippen molar-refractivity contribution in [2.45, 2.75) is 19.8 Å². The predicted molar refractivity (Wildman–Crippen MR) is 128 cm³/mol. The maximum atomic E-state index is 13.2. The molecule has 0 radical (unpaired) electrons. The molecule has 0 unspecified atom stereocenters. The number of carbonyl (C=O) groups is 1. The summed E-state index contributed by atoms with van der Waals surface area (Å²) in [7, 11) is 2.02. The van der Waals surface area contributed by atoms with Crippen molar-refractivity contribution in [2.75, 3.05) is 6.61 Å². The van der Waals surface area contributed by atoms with E-state index in [0.29, 0.717) is 12.2 Å². The Morgan fingerprint density at radius 1 is 0.933 bits per heavy atom. The summed E-state index contributed by atoms with van der Waals surface area (Å²) in [6.45, 7) is 2.54. The molecule has 1 aromatic heterocycles. The van der Waals surface area contributed by atoms with Crippen LogP contribution in [0.15, 0.2) is 65.1 Å². The van der Waals surface area contributed by atoms with Crippen LogP contribution in [-0.2, 0) is 11.8 Å². The van der Waals surface area contributed by atoms with E-state index in [9.17, 15) is 4.79 Å². The Balaban J connectivity index is 1.94. The van der Waals surface area contributed by atoms with Crippen molar-refractivity contribution >= 4 is 65.2 Å². The van der Waals surface area contributed by atoms with Crippen LogP contribution >= 0.6 is 15.9 Å². The molecule has 4 heteroatoms. The van der Waals surface area contributed by atoms with Crippen LogP contribution in [-0.4, -0.2) is 17.1 Å². The molecule has 4 aromatic carbocycles. The topological polar surface area (TPSA) is 31.2 Å². The van der Waals surface area contributed by atoms with Crippen LogP contribution in [0.25, 0.3) is 43.4 Å². The molecule has 0 saturated heterocycles. The Morgan fingerprint density at radius 2 is 1.70 bits per heavy atom. The van der Waals surface area contributed by atoms with Crippen molar-refractivity contribution in [3.8, 4) is 0 Å². The average molecular weight is 460 g/mol. The summed E-state index contributed by atoms with van der Waals surface area (Å²) in [5, 5.41) is 6.74. The normalized spacial score (nSPS) is 11.7. The maximum absolute atomic E-state index is 13.2. The fraction of sp³-hybridized carbons (Fsp3) is 0.192. The van der Waals surface area contributed by atoms with Crippen LogP contribution in [0.4, 0.5) is 0 Å². The molecule has 5 aromatic rings. The highest BCUT2D eigenvalue weighted by molar-refractivity contribution is 9.10. The number of hydrogen-bond acceptors (Lipinski definition) is 2. The Hall–Kier alpha value is -2.85. The van der Waals surface area contributed by atoms with Gasteiger partial charge < -0.3 is 9.30 Å². The van der Waals surface area contributed by atoms with Crippen LogP contribution in [0.2, 0.25) is 0 Å². The number of fused-ring (bicyclic) bond motifs is 7. The summed E-state index contributed by atoms with van der Waals surface area (Å²) in [5.41, 5.74) is 2.66.